The van der Waals surface area contributed by atoms with Gasteiger partial charge in [-0.1, -0.05) is 29.3 Å². The molecule has 0 radical (unpaired) electrons. The number of hydrogen-bond acceptors (Lipinski definition) is 1. The first-order chi connectivity index (χ1) is 7.66. The Bertz CT molecular complexity index is 446. The summed E-state index contributed by atoms with van der Waals surface area (Å²) in [4.78, 5) is 11.7. The van der Waals surface area contributed by atoms with Crippen LogP contribution in [0, 0.1) is 11.8 Å². The maximum atomic E-state index is 11.7. The van der Waals surface area contributed by atoms with Crippen LogP contribution in [0.3, 0.4) is 0 Å². The van der Waals surface area contributed by atoms with E-state index in [0.717, 1.165) is 0 Å². The standard InChI is InChI=1S/C12H11Cl2NO/c1-2-3-4-8-15-12(16)9-6-5-7-10(13)11(9)14/h5-7H,4,8H2,1H3,(H,15,16). The zero-order chi connectivity index (χ0) is 12.0. The van der Waals surface area contributed by atoms with Gasteiger partial charge in [0.25, 0.3) is 5.91 Å². The molecule has 2 nitrogen and oxygen atoms in total. The molecule has 4 heteroatoms. The van der Waals surface area contributed by atoms with Crippen LogP contribution >= 0.6 is 23.2 Å². The zero-order valence-corrected chi connectivity index (χ0v) is 10.3. The second-order valence-electron chi connectivity index (χ2n) is 3.03. The number of carbonyl (C=O) groups is 1. The van der Waals surface area contributed by atoms with Gasteiger partial charge >= 0.3 is 0 Å². The molecule has 0 aliphatic rings. The highest BCUT2D eigenvalue weighted by Gasteiger charge is 2.11. The third-order valence-corrected chi connectivity index (χ3v) is 2.73. The van der Waals surface area contributed by atoms with E-state index in [-0.39, 0.29) is 10.9 Å². The molecule has 16 heavy (non-hydrogen) atoms. The topological polar surface area (TPSA) is 29.1 Å². The van der Waals surface area contributed by atoms with Crippen LogP contribution in [0.25, 0.3) is 0 Å². The summed E-state index contributed by atoms with van der Waals surface area (Å²) in [6.45, 7) is 2.26. The van der Waals surface area contributed by atoms with Gasteiger partial charge in [0.1, 0.15) is 0 Å². The predicted octanol–water partition coefficient (Wildman–Crippen LogP) is 3.14. The molecular weight excluding hydrogens is 245 g/mol. The van der Waals surface area contributed by atoms with Crippen LogP contribution in [-0.4, -0.2) is 12.5 Å². The SMILES string of the molecule is CC#CCCNC(=O)c1cccc(Cl)c1Cl. The van der Waals surface area contributed by atoms with Crippen LogP contribution in [0.4, 0.5) is 0 Å². The Hall–Kier alpha value is -1.17. The number of rotatable bonds is 3. The number of nitrogens with one attached hydrogen (secondary N) is 1. The highest BCUT2D eigenvalue weighted by Crippen LogP contribution is 2.25. The van der Waals surface area contributed by atoms with Crippen molar-refractivity contribution in [2.45, 2.75) is 13.3 Å². The van der Waals surface area contributed by atoms with E-state index in [9.17, 15) is 4.79 Å². The van der Waals surface area contributed by atoms with Gasteiger partial charge < -0.3 is 5.32 Å². The summed E-state index contributed by atoms with van der Waals surface area (Å²) in [5, 5.41) is 3.38. The largest absolute Gasteiger partial charge is 0.351 e. The summed E-state index contributed by atoms with van der Waals surface area (Å²) in [7, 11) is 0. The van der Waals surface area contributed by atoms with E-state index in [1.54, 1.807) is 25.1 Å². The fraction of sp³-hybridized carbons (Fsp3) is 0.250. The van der Waals surface area contributed by atoms with Crippen LogP contribution in [0.2, 0.25) is 10.0 Å². The molecule has 0 saturated carbocycles. The minimum atomic E-state index is -0.231. The van der Waals surface area contributed by atoms with Crippen LogP contribution in [0.15, 0.2) is 18.2 Å². The van der Waals surface area contributed by atoms with Gasteiger partial charge in [-0.25, -0.2) is 0 Å². The Labute approximate surface area is 105 Å². The molecule has 0 atom stereocenters. The fourth-order valence-electron chi connectivity index (χ4n) is 1.14. The molecule has 0 aliphatic carbocycles. The molecule has 0 bridgehead atoms. The molecule has 0 aromatic heterocycles. The first kappa shape index (κ1) is 12.9. The van der Waals surface area contributed by atoms with E-state index in [1.165, 1.54) is 0 Å². The first-order valence-corrected chi connectivity index (χ1v) is 5.54. The Morgan fingerprint density at radius 1 is 1.44 bits per heavy atom. The van der Waals surface area contributed by atoms with Gasteiger partial charge in [0.2, 0.25) is 0 Å². The van der Waals surface area contributed by atoms with Gasteiger partial charge in [0.15, 0.2) is 0 Å². The summed E-state index contributed by atoms with van der Waals surface area (Å²) >= 11 is 11.7. The van der Waals surface area contributed by atoms with E-state index in [0.29, 0.717) is 23.6 Å². The van der Waals surface area contributed by atoms with E-state index in [1.807, 2.05) is 0 Å². The molecule has 1 aromatic rings. The van der Waals surface area contributed by atoms with Crippen molar-refractivity contribution in [1.82, 2.24) is 5.32 Å². The Morgan fingerprint density at radius 2 is 2.19 bits per heavy atom. The van der Waals surface area contributed by atoms with Gasteiger partial charge in [-0.15, -0.1) is 11.8 Å². The van der Waals surface area contributed by atoms with Crippen molar-refractivity contribution < 1.29 is 4.79 Å². The van der Waals surface area contributed by atoms with Crippen molar-refractivity contribution in [2.24, 2.45) is 0 Å². The fourth-order valence-corrected chi connectivity index (χ4v) is 1.52. The third-order valence-electron chi connectivity index (χ3n) is 1.91. The van der Waals surface area contributed by atoms with E-state index in [2.05, 4.69) is 17.2 Å². The predicted molar refractivity (Wildman–Crippen MR) is 66.9 cm³/mol. The van der Waals surface area contributed by atoms with Gasteiger partial charge in [-0.2, -0.15) is 0 Å². The van der Waals surface area contributed by atoms with E-state index >= 15 is 0 Å². The van der Waals surface area contributed by atoms with Crippen molar-refractivity contribution in [2.75, 3.05) is 6.54 Å². The third kappa shape index (κ3) is 3.44. The summed E-state index contributed by atoms with van der Waals surface area (Å²) in [5.41, 5.74) is 0.388. The Kier molecular flexibility index (Phi) is 5.18. The highest BCUT2D eigenvalue weighted by molar-refractivity contribution is 6.43. The molecule has 0 fully saturated rings. The number of amides is 1. The van der Waals surface area contributed by atoms with E-state index < -0.39 is 0 Å². The molecule has 0 aliphatic heterocycles. The summed E-state index contributed by atoms with van der Waals surface area (Å²) < 4.78 is 0. The lowest BCUT2D eigenvalue weighted by Gasteiger charge is -2.05. The smallest absolute Gasteiger partial charge is 0.252 e. The van der Waals surface area contributed by atoms with Crippen LogP contribution < -0.4 is 5.32 Å². The average Bonchev–Trinajstić information content (AvgIpc) is 2.28. The van der Waals surface area contributed by atoms with Gasteiger partial charge in [0, 0.05) is 13.0 Å². The van der Waals surface area contributed by atoms with E-state index in [4.69, 9.17) is 23.2 Å². The minimum absolute atomic E-state index is 0.231. The van der Waals surface area contributed by atoms with Gasteiger partial charge in [-0.05, 0) is 19.1 Å². The Morgan fingerprint density at radius 3 is 2.88 bits per heavy atom. The van der Waals surface area contributed by atoms with Crippen molar-refractivity contribution in [1.29, 1.82) is 0 Å². The molecule has 84 valence electrons. The zero-order valence-electron chi connectivity index (χ0n) is 8.81. The first-order valence-electron chi connectivity index (χ1n) is 4.78. The second-order valence-corrected chi connectivity index (χ2v) is 3.82. The molecule has 1 N–H and O–H groups in total. The summed E-state index contributed by atoms with van der Waals surface area (Å²) in [5.74, 6) is 5.38. The van der Waals surface area contributed by atoms with Crippen molar-refractivity contribution in [3.05, 3.63) is 33.8 Å². The molecule has 1 amide bonds. The quantitative estimate of drug-likeness (QED) is 0.653. The number of benzene rings is 1. The maximum Gasteiger partial charge on any atom is 0.252 e. The van der Waals surface area contributed by atoms with Crippen LogP contribution in [-0.2, 0) is 0 Å². The molecule has 0 unspecified atom stereocenters. The minimum Gasteiger partial charge on any atom is -0.351 e. The molecule has 0 saturated heterocycles. The van der Waals surface area contributed by atoms with Crippen molar-refractivity contribution in [3.8, 4) is 11.8 Å². The lowest BCUT2D eigenvalue weighted by Crippen LogP contribution is -2.24. The number of carbonyl (C=O) groups excluding carboxylic acids is 1. The number of halogens is 2. The summed E-state index contributed by atoms with van der Waals surface area (Å²) in [6, 6.07) is 4.97. The Balaban J connectivity index is 2.65. The highest BCUT2D eigenvalue weighted by atomic mass is 35.5. The normalized spacial score (nSPS) is 9.19. The van der Waals surface area contributed by atoms with Gasteiger partial charge in [0.05, 0.1) is 15.6 Å². The average molecular weight is 256 g/mol. The van der Waals surface area contributed by atoms with Crippen LogP contribution in [0.1, 0.15) is 23.7 Å². The number of hydrogen-bond donors (Lipinski definition) is 1. The second kappa shape index (κ2) is 6.42. The lowest BCUT2D eigenvalue weighted by atomic mass is 10.2. The molecule has 1 rings (SSSR count). The molecular formula is C12H11Cl2NO. The maximum absolute atomic E-state index is 11.7. The monoisotopic (exact) mass is 255 g/mol. The molecule has 1 aromatic carbocycles. The lowest BCUT2D eigenvalue weighted by molar-refractivity contribution is 0.0954. The van der Waals surface area contributed by atoms with Crippen LogP contribution in [0.5, 0.6) is 0 Å². The summed E-state index contributed by atoms with van der Waals surface area (Å²) in [6.07, 6.45) is 0.625. The molecule has 0 heterocycles. The molecule has 0 spiro atoms. The van der Waals surface area contributed by atoms with Crippen molar-refractivity contribution >= 4 is 29.1 Å². The van der Waals surface area contributed by atoms with Gasteiger partial charge in [-0.3, -0.25) is 4.79 Å². The van der Waals surface area contributed by atoms with Crippen molar-refractivity contribution in [3.63, 3.8) is 0 Å².